The SMILES string of the molecule is CCOC(=O)C1=C(CN2CCCN(C(=O)NC(C)C)CC2)N(CC)C(=O)NC1c1cccc(Oc2ccccc2)c1. The number of hydrogen-bond acceptors (Lipinski definition) is 6. The number of amides is 4. The molecule has 0 saturated carbocycles. The molecule has 1 saturated heterocycles. The van der Waals surface area contributed by atoms with E-state index in [4.69, 9.17) is 9.47 Å². The van der Waals surface area contributed by atoms with Crippen LogP contribution in [0.15, 0.2) is 65.9 Å². The summed E-state index contributed by atoms with van der Waals surface area (Å²) in [5.74, 6) is 0.819. The fourth-order valence-corrected chi connectivity index (χ4v) is 5.17. The molecule has 1 atom stereocenters. The van der Waals surface area contributed by atoms with Crippen LogP contribution >= 0.6 is 0 Å². The van der Waals surface area contributed by atoms with Gasteiger partial charge in [-0.05, 0) is 63.9 Å². The maximum Gasteiger partial charge on any atom is 0.338 e. The first kappa shape index (κ1) is 29.9. The Labute approximate surface area is 242 Å². The molecule has 0 aliphatic carbocycles. The fourth-order valence-electron chi connectivity index (χ4n) is 5.17. The molecule has 41 heavy (non-hydrogen) atoms. The molecule has 1 unspecified atom stereocenters. The van der Waals surface area contributed by atoms with Crippen LogP contribution < -0.4 is 15.4 Å². The average molecular weight is 564 g/mol. The van der Waals surface area contributed by atoms with Crippen molar-refractivity contribution in [3.05, 3.63) is 71.4 Å². The summed E-state index contributed by atoms with van der Waals surface area (Å²) in [6, 6.07) is 15.8. The number of nitrogens with zero attached hydrogens (tertiary/aromatic N) is 3. The van der Waals surface area contributed by atoms with Gasteiger partial charge < -0.3 is 25.0 Å². The first-order valence-electron chi connectivity index (χ1n) is 14.4. The van der Waals surface area contributed by atoms with Crippen molar-refractivity contribution in [2.45, 2.75) is 46.2 Å². The molecule has 4 rings (SSSR count). The van der Waals surface area contributed by atoms with Crippen LogP contribution in [0.1, 0.15) is 45.7 Å². The van der Waals surface area contributed by atoms with Gasteiger partial charge in [-0.2, -0.15) is 0 Å². The highest BCUT2D eigenvalue weighted by Crippen LogP contribution is 2.34. The minimum atomic E-state index is -0.709. The second-order valence-electron chi connectivity index (χ2n) is 10.4. The standard InChI is InChI=1S/C31H41N5O5/c1-5-36-26(21-34-16-11-17-35(19-18-34)30(38)32-22(3)4)27(29(37)40-6-2)28(33-31(36)39)23-12-10-15-25(20-23)41-24-13-8-7-9-14-24/h7-10,12-15,20,22,28H,5-6,11,16-19,21H2,1-4H3,(H,32,38)(H,33,39). The Bertz CT molecular complexity index is 1250. The number of esters is 1. The van der Waals surface area contributed by atoms with Gasteiger partial charge in [0, 0.05) is 51.0 Å². The molecule has 1 fully saturated rings. The molecule has 2 aliphatic rings. The molecule has 0 spiro atoms. The van der Waals surface area contributed by atoms with Crippen molar-refractivity contribution in [2.75, 3.05) is 45.9 Å². The van der Waals surface area contributed by atoms with Gasteiger partial charge in [0.05, 0.1) is 18.2 Å². The van der Waals surface area contributed by atoms with E-state index in [1.807, 2.05) is 80.3 Å². The van der Waals surface area contributed by atoms with Gasteiger partial charge in [0.15, 0.2) is 0 Å². The highest BCUT2D eigenvalue weighted by Gasteiger charge is 2.38. The van der Waals surface area contributed by atoms with Gasteiger partial charge in [0.1, 0.15) is 11.5 Å². The summed E-state index contributed by atoms with van der Waals surface area (Å²) < 4.78 is 11.6. The number of likely N-dealkylation sites (N-methyl/N-ethyl adjacent to an activating group) is 1. The summed E-state index contributed by atoms with van der Waals surface area (Å²) in [6.45, 7) is 11.1. The first-order chi connectivity index (χ1) is 19.8. The van der Waals surface area contributed by atoms with Crippen LogP contribution in [0.4, 0.5) is 9.59 Å². The lowest BCUT2D eigenvalue weighted by atomic mass is 9.94. The topological polar surface area (TPSA) is 103 Å². The lowest BCUT2D eigenvalue weighted by molar-refractivity contribution is -0.139. The summed E-state index contributed by atoms with van der Waals surface area (Å²) in [7, 11) is 0. The Morgan fingerprint density at radius 3 is 2.46 bits per heavy atom. The van der Waals surface area contributed by atoms with E-state index in [1.54, 1.807) is 11.8 Å². The highest BCUT2D eigenvalue weighted by atomic mass is 16.5. The molecule has 2 aromatic rings. The zero-order valence-electron chi connectivity index (χ0n) is 24.4. The number of para-hydroxylation sites is 1. The van der Waals surface area contributed by atoms with Crippen LogP contribution in [0, 0.1) is 0 Å². The Hall–Kier alpha value is -4.05. The Morgan fingerprint density at radius 2 is 1.76 bits per heavy atom. The molecular formula is C31H41N5O5. The maximum absolute atomic E-state index is 13.5. The van der Waals surface area contributed by atoms with Crippen LogP contribution in [-0.2, 0) is 9.53 Å². The zero-order chi connectivity index (χ0) is 29.4. The lowest BCUT2D eigenvalue weighted by Crippen LogP contribution is -2.51. The monoisotopic (exact) mass is 563 g/mol. The Morgan fingerprint density at radius 1 is 1.00 bits per heavy atom. The number of rotatable bonds is 9. The third-order valence-electron chi connectivity index (χ3n) is 7.08. The third kappa shape index (κ3) is 7.58. The molecule has 2 aromatic carbocycles. The first-order valence-corrected chi connectivity index (χ1v) is 14.4. The summed E-state index contributed by atoms with van der Waals surface area (Å²) in [4.78, 5) is 45.2. The number of carbonyl (C=O) groups is 3. The molecule has 0 bridgehead atoms. The summed E-state index contributed by atoms with van der Waals surface area (Å²) >= 11 is 0. The van der Waals surface area contributed by atoms with E-state index in [1.165, 1.54) is 0 Å². The van der Waals surface area contributed by atoms with Crippen LogP contribution in [0.3, 0.4) is 0 Å². The number of carbonyl (C=O) groups excluding carboxylic acids is 3. The summed E-state index contributed by atoms with van der Waals surface area (Å²) in [6.07, 6.45) is 0.786. The van der Waals surface area contributed by atoms with Gasteiger partial charge >= 0.3 is 18.0 Å². The van der Waals surface area contributed by atoms with Crippen LogP contribution in [0.2, 0.25) is 0 Å². The van der Waals surface area contributed by atoms with Crippen molar-refractivity contribution in [3.63, 3.8) is 0 Å². The number of nitrogens with one attached hydrogen (secondary N) is 2. The van der Waals surface area contributed by atoms with Gasteiger partial charge in [-0.1, -0.05) is 30.3 Å². The van der Waals surface area contributed by atoms with Gasteiger partial charge in [-0.15, -0.1) is 0 Å². The summed E-state index contributed by atoms with van der Waals surface area (Å²) in [5.41, 5.74) is 1.74. The molecule has 220 valence electrons. The number of hydrogen-bond donors (Lipinski definition) is 2. The van der Waals surface area contributed by atoms with Crippen molar-refractivity contribution in [3.8, 4) is 11.5 Å². The van der Waals surface area contributed by atoms with E-state index in [-0.39, 0.29) is 24.7 Å². The largest absolute Gasteiger partial charge is 0.463 e. The van der Waals surface area contributed by atoms with Crippen LogP contribution in [0.25, 0.3) is 0 Å². The highest BCUT2D eigenvalue weighted by molar-refractivity contribution is 5.95. The molecule has 2 N–H and O–H groups in total. The smallest absolute Gasteiger partial charge is 0.338 e. The normalized spacial score (nSPS) is 18.2. The minimum absolute atomic E-state index is 0.0616. The molecule has 0 radical (unpaired) electrons. The number of ether oxygens (including phenoxy) is 2. The van der Waals surface area contributed by atoms with E-state index >= 15 is 0 Å². The van der Waals surface area contributed by atoms with E-state index in [0.29, 0.717) is 55.5 Å². The quantitative estimate of drug-likeness (QED) is 0.436. The molecule has 2 heterocycles. The van der Waals surface area contributed by atoms with Crippen molar-refractivity contribution in [1.29, 1.82) is 0 Å². The second kappa shape index (κ2) is 14.0. The van der Waals surface area contributed by atoms with Crippen molar-refractivity contribution < 1.29 is 23.9 Å². The van der Waals surface area contributed by atoms with Gasteiger partial charge in [-0.25, -0.2) is 14.4 Å². The zero-order valence-corrected chi connectivity index (χ0v) is 24.4. The molecule has 10 heteroatoms. The lowest BCUT2D eigenvalue weighted by Gasteiger charge is -2.38. The van der Waals surface area contributed by atoms with Crippen LogP contribution in [-0.4, -0.2) is 84.6 Å². The van der Waals surface area contributed by atoms with Gasteiger partial charge in [0.2, 0.25) is 0 Å². The minimum Gasteiger partial charge on any atom is -0.463 e. The van der Waals surface area contributed by atoms with E-state index in [0.717, 1.165) is 18.5 Å². The fraction of sp³-hybridized carbons (Fsp3) is 0.452. The molecule has 2 aliphatic heterocycles. The maximum atomic E-state index is 13.5. The van der Waals surface area contributed by atoms with Crippen LogP contribution in [0.5, 0.6) is 11.5 Å². The predicted octanol–water partition coefficient (Wildman–Crippen LogP) is 4.51. The average Bonchev–Trinajstić information content (AvgIpc) is 3.19. The molecule has 10 nitrogen and oxygen atoms in total. The molecule has 0 aromatic heterocycles. The summed E-state index contributed by atoms with van der Waals surface area (Å²) in [5, 5.41) is 5.99. The van der Waals surface area contributed by atoms with Crippen molar-refractivity contribution >= 4 is 18.0 Å². The number of urea groups is 2. The van der Waals surface area contributed by atoms with E-state index in [9.17, 15) is 14.4 Å². The third-order valence-corrected chi connectivity index (χ3v) is 7.08. The Kier molecular flexibility index (Phi) is 10.2. The second-order valence-corrected chi connectivity index (χ2v) is 10.4. The van der Waals surface area contributed by atoms with Gasteiger partial charge in [0.25, 0.3) is 0 Å². The van der Waals surface area contributed by atoms with E-state index in [2.05, 4.69) is 15.5 Å². The van der Waals surface area contributed by atoms with Crippen molar-refractivity contribution in [2.24, 2.45) is 0 Å². The van der Waals surface area contributed by atoms with Crippen molar-refractivity contribution in [1.82, 2.24) is 25.3 Å². The van der Waals surface area contributed by atoms with Gasteiger partial charge in [-0.3, -0.25) is 9.80 Å². The Balaban J connectivity index is 1.65. The predicted molar refractivity (Wildman–Crippen MR) is 157 cm³/mol. The molecular weight excluding hydrogens is 522 g/mol. The molecule has 4 amide bonds. The van der Waals surface area contributed by atoms with E-state index < -0.39 is 12.0 Å². The number of benzene rings is 2.